The molecule has 3 aliphatic heterocycles. The summed E-state index contributed by atoms with van der Waals surface area (Å²) < 4.78 is 22.7. The fourth-order valence-corrected chi connectivity index (χ4v) is 4.64. The Morgan fingerprint density at radius 2 is 1.92 bits per heavy atom. The van der Waals surface area contributed by atoms with Crippen LogP contribution in [0.5, 0.6) is 5.75 Å². The second-order valence-electron chi connectivity index (χ2n) is 11.0. The first kappa shape index (κ1) is 26.1. The molecule has 0 aliphatic carbocycles. The Morgan fingerprint density at radius 3 is 2.58 bits per heavy atom. The fraction of sp³-hybridized carbons (Fsp3) is 0.571. The van der Waals surface area contributed by atoms with E-state index in [9.17, 15) is 9.59 Å². The molecule has 8 heteroatoms. The summed E-state index contributed by atoms with van der Waals surface area (Å²) in [6, 6.07) is 6.24. The number of ether oxygens (including phenoxy) is 4. The lowest BCUT2D eigenvalue weighted by Crippen LogP contribution is -2.51. The van der Waals surface area contributed by atoms with Gasteiger partial charge in [-0.05, 0) is 53.2 Å². The van der Waals surface area contributed by atoms with Crippen LogP contribution in [0.4, 0.5) is 4.79 Å². The molecule has 1 fully saturated rings. The zero-order valence-electron chi connectivity index (χ0n) is 21.9. The summed E-state index contributed by atoms with van der Waals surface area (Å²) in [5.41, 5.74) is 3.00. The number of methoxy groups -OCH3 is 1. The topological polar surface area (TPSA) is 86.3 Å². The van der Waals surface area contributed by atoms with E-state index in [2.05, 4.69) is 32.2 Å². The molecular formula is C28H38N2O6. The third-order valence-corrected chi connectivity index (χ3v) is 6.80. The monoisotopic (exact) mass is 498 g/mol. The van der Waals surface area contributed by atoms with Crippen molar-refractivity contribution in [3.8, 4) is 5.75 Å². The number of amides is 2. The largest absolute Gasteiger partial charge is 0.487 e. The van der Waals surface area contributed by atoms with Crippen LogP contribution in [0.2, 0.25) is 0 Å². The van der Waals surface area contributed by atoms with Crippen LogP contribution in [-0.4, -0.2) is 69.1 Å². The normalized spacial score (nSPS) is 18.8. The summed E-state index contributed by atoms with van der Waals surface area (Å²) in [6.07, 6.45) is 6.88. The molecule has 8 nitrogen and oxygen atoms in total. The molecular weight excluding hydrogens is 460 g/mol. The molecule has 1 N–H and O–H groups in total. The van der Waals surface area contributed by atoms with E-state index in [0.29, 0.717) is 45.2 Å². The minimum Gasteiger partial charge on any atom is -0.487 e. The van der Waals surface area contributed by atoms with Gasteiger partial charge < -0.3 is 29.2 Å². The van der Waals surface area contributed by atoms with Crippen LogP contribution in [0, 0.1) is 5.41 Å². The molecule has 2 amide bonds. The van der Waals surface area contributed by atoms with E-state index in [1.165, 1.54) is 5.56 Å². The highest BCUT2D eigenvalue weighted by atomic mass is 16.6. The average Bonchev–Trinajstić information content (AvgIpc) is 2.87. The number of likely N-dealkylation sites (tertiary alicyclic amines) is 1. The maximum Gasteiger partial charge on any atom is 0.409 e. The lowest BCUT2D eigenvalue weighted by atomic mass is 9.82. The summed E-state index contributed by atoms with van der Waals surface area (Å²) in [5.74, 6) is 0.992. The molecule has 0 saturated carbocycles. The number of hydrogen-bond acceptors (Lipinski definition) is 6. The van der Waals surface area contributed by atoms with Crippen LogP contribution < -0.4 is 10.1 Å². The van der Waals surface area contributed by atoms with E-state index >= 15 is 0 Å². The molecule has 196 valence electrons. The van der Waals surface area contributed by atoms with Gasteiger partial charge in [0.1, 0.15) is 18.0 Å². The van der Waals surface area contributed by atoms with Gasteiger partial charge in [-0.2, -0.15) is 0 Å². The van der Waals surface area contributed by atoms with Gasteiger partial charge in [0.2, 0.25) is 0 Å². The average molecular weight is 499 g/mol. The number of rotatable bonds is 6. The molecule has 1 spiro atoms. The number of allylic oxidation sites excluding steroid dienone is 2. The summed E-state index contributed by atoms with van der Waals surface area (Å²) in [5, 5.41) is 2.77. The van der Waals surface area contributed by atoms with Gasteiger partial charge in [0.05, 0.1) is 13.2 Å². The Balaban J connectivity index is 1.34. The van der Waals surface area contributed by atoms with Gasteiger partial charge >= 0.3 is 6.09 Å². The van der Waals surface area contributed by atoms with Crippen molar-refractivity contribution in [3.05, 3.63) is 47.2 Å². The van der Waals surface area contributed by atoms with Crippen LogP contribution in [0.15, 0.2) is 36.1 Å². The minimum absolute atomic E-state index is 0.0429. The Bertz CT molecular complexity index is 1030. The SMILES string of the molecule is COCCNC(=O)C1=CC=C(c2ccc3c(c2)CCC2(CCN(C(=O)OCC(C)(C)C)CC2)O3)CO1. The third kappa shape index (κ3) is 6.40. The van der Waals surface area contributed by atoms with Crippen LogP contribution in [0.25, 0.3) is 5.57 Å². The lowest BCUT2D eigenvalue weighted by Gasteiger charge is -2.44. The highest BCUT2D eigenvalue weighted by Gasteiger charge is 2.41. The number of nitrogens with zero attached hydrogens (tertiary/aromatic N) is 1. The number of hydrogen-bond donors (Lipinski definition) is 1. The molecule has 0 atom stereocenters. The number of fused-ring (bicyclic) bond motifs is 1. The smallest absolute Gasteiger partial charge is 0.409 e. The van der Waals surface area contributed by atoms with Crippen molar-refractivity contribution in [1.29, 1.82) is 0 Å². The van der Waals surface area contributed by atoms with Gasteiger partial charge in [0.25, 0.3) is 5.91 Å². The Kier molecular flexibility index (Phi) is 7.93. The number of piperidine rings is 1. The van der Waals surface area contributed by atoms with Crippen molar-refractivity contribution in [2.24, 2.45) is 5.41 Å². The highest BCUT2D eigenvalue weighted by Crippen LogP contribution is 2.40. The van der Waals surface area contributed by atoms with Gasteiger partial charge in [-0.3, -0.25) is 4.79 Å². The van der Waals surface area contributed by atoms with Crippen LogP contribution in [0.3, 0.4) is 0 Å². The maximum atomic E-state index is 12.4. The summed E-state index contributed by atoms with van der Waals surface area (Å²) >= 11 is 0. The number of carbonyl (C=O) groups excluding carboxylic acids is 2. The Morgan fingerprint density at radius 1 is 1.14 bits per heavy atom. The van der Waals surface area contributed by atoms with Crippen LogP contribution >= 0.6 is 0 Å². The standard InChI is InChI=1S/C28H38N2O6/c1-27(2,3)19-35-26(32)30-14-11-28(12-15-30)10-9-21-17-20(5-7-23(21)36-28)22-6-8-24(34-18-22)25(31)29-13-16-33-4/h5-8,17H,9-16,18-19H2,1-4H3,(H,29,31). The first-order valence-corrected chi connectivity index (χ1v) is 12.7. The lowest BCUT2D eigenvalue weighted by molar-refractivity contribution is -0.120. The molecule has 1 saturated heterocycles. The van der Waals surface area contributed by atoms with Crippen molar-refractivity contribution in [3.63, 3.8) is 0 Å². The number of aryl methyl sites for hydroxylation is 1. The van der Waals surface area contributed by atoms with E-state index in [4.69, 9.17) is 18.9 Å². The third-order valence-electron chi connectivity index (χ3n) is 6.80. The minimum atomic E-state index is -0.236. The number of nitrogens with one attached hydrogen (secondary N) is 1. The predicted molar refractivity (Wildman–Crippen MR) is 137 cm³/mol. The van der Waals surface area contributed by atoms with E-state index < -0.39 is 0 Å². The van der Waals surface area contributed by atoms with Gasteiger partial charge in [-0.25, -0.2) is 4.79 Å². The van der Waals surface area contributed by atoms with E-state index in [1.54, 1.807) is 18.1 Å². The molecule has 0 bridgehead atoms. The predicted octanol–water partition coefficient (Wildman–Crippen LogP) is 4.09. The zero-order chi connectivity index (χ0) is 25.8. The summed E-state index contributed by atoms with van der Waals surface area (Å²) in [7, 11) is 1.59. The van der Waals surface area contributed by atoms with E-state index in [0.717, 1.165) is 42.6 Å². The quantitative estimate of drug-likeness (QED) is 0.595. The molecule has 36 heavy (non-hydrogen) atoms. The summed E-state index contributed by atoms with van der Waals surface area (Å²) in [6.45, 7) is 9.12. The van der Waals surface area contributed by atoms with Gasteiger partial charge in [-0.1, -0.05) is 32.9 Å². The van der Waals surface area contributed by atoms with Gasteiger partial charge in [0.15, 0.2) is 5.76 Å². The Labute approximate surface area is 213 Å². The van der Waals surface area contributed by atoms with Crippen molar-refractivity contribution >= 4 is 17.6 Å². The molecule has 0 aromatic heterocycles. The maximum absolute atomic E-state index is 12.4. The van der Waals surface area contributed by atoms with Gasteiger partial charge in [-0.15, -0.1) is 0 Å². The summed E-state index contributed by atoms with van der Waals surface area (Å²) in [4.78, 5) is 26.4. The van der Waals surface area contributed by atoms with E-state index in [1.807, 2.05) is 18.2 Å². The first-order chi connectivity index (χ1) is 17.2. The molecule has 3 aliphatic rings. The van der Waals surface area contributed by atoms with Crippen molar-refractivity contribution in [2.75, 3.05) is 46.6 Å². The second kappa shape index (κ2) is 10.9. The van der Waals surface area contributed by atoms with Gasteiger partial charge in [0, 0.05) is 39.6 Å². The molecule has 0 unspecified atom stereocenters. The Hall–Kier alpha value is -3.00. The van der Waals surface area contributed by atoms with E-state index in [-0.39, 0.29) is 23.0 Å². The second-order valence-corrected chi connectivity index (χ2v) is 11.0. The van der Waals surface area contributed by atoms with Crippen LogP contribution in [0.1, 0.15) is 51.2 Å². The molecule has 0 radical (unpaired) electrons. The van der Waals surface area contributed by atoms with Crippen molar-refractivity contribution in [2.45, 2.75) is 52.1 Å². The van der Waals surface area contributed by atoms with Crippen molar-refractivity contribution in [1.82, 2.24) is 10.2 Å². The van der Waals surface area contributed by atoms with Crippen LogP contribution in [-0.2, 0) is 25.4 Å². The van der Waals surface area contributed by atoms with Crippen molar-refractivity contribution < 1.29 is 28.5 Å². The molecule has 1 aromatic carbocycles. The first-order valence-electron chi connectivity index (χ1n) is 12.7. The molecule has 1 aromatic rings. The fourth-order valence-electron chi connectivity index (χ4n) is 4.64. The molecule has 4 rings (SSSR count). The number of benzene rings is 1. The highest BCUT2D eigenvalue weighted by molar-refractivity contribution is 5.92. The molecule has 3 heterocycles. The zero-order valence-corrected chi connectivity index (χ0v) is 21.9. The number of carbonyl (C=O) groups is 2.